The number of carboxylic acid groups (broad SMARTS) is 1. The summed E-state index contributed by atoms with van der Waals surface area (Å²) in [6.07, 6.45) is -5.08. The molecule has 0 aliphatic carbocycles. The van der Waals surface area contributed by atoms with Gasteiger partial charge in [-0.15, -0.1) is 0 Å². The highest BCUT2D eigenvalue weighted by Crippen LogP contribution is 2.52. The third kappa shape index (κ3) is 4.21. The van der Waals surface area contributed by atoms with E-state index in [9.17, 15) is 13.2 Å². The van der Waals surface area contributed by atoms with E-state index in [4.69, 9.17) is 34.8 Å². The molecular weight excluding hydrogens is 453 g/mol. The van der Waals surface area contributed by atoms with Crippen LogP contribution in [0.1, 0.15) is 11.1 Å². The Balaban J connectivity index is 0.000000344. The molecule has 1 atom stereocenters. The minimum atomic E-state index is -5.08. The Hall–Kier alpha value is -4.21. The van der Waals surface area contributed by atoms with Crippen LogP contribution in [0.15, 0.2) is 71.7 Å². The summed E-state index contributed by atoms with van der Waals surface area (Å²) in [5, 5.41) is 7.12. The average Bonchev–Trinajstić information content (AvgIpc) is 3.21. The number of carbonyl (C=O) groups is 1. The predicted octanol–water partition coefficient (Wildman–Crippen LogP) is 4.69. The maximum Gasteiger partial charge on any atom is 0.490 e. The van der Waals surface area contributed by atoms with Gasteiger partial charge in [0.2, 0.25) is 0 Å². The number of amidine groups is 1. The molecule has 3 aromatic carbocycles. The van der Waals surface area contributed by atoms with Crippen molar-refractivity contribution in [3.05, 3.63) is 77.9 Å². The molecule has 7 nitrogen and oxygen atoms in total. The van der Waals surface area contributed by atoms with Gasteiger partial charge in [-0.1, -0.05) is 36.4 Å². The van der Waals surface area contributed by atoms with Gasteiger partial charge in [-0.05, 0) is 41.5 Å². The first-order valence-corrected chi connectivity index (χ1v) is 9.98. The van der Waals surface area contributed by atoms with Gasteiger partial charge in [-0.2, -0.15) is 13.2 Å². The molecule has 0 radical (unpaired) electrons. The molecule has 2 aliphatic heterocycles. The zero-order chi connectivity index (χ0) is 24.5. The number of alkyl halides is 3. The molecule has 2 heterocycles. The van der Waals surface area contributed by atoms with E-state index in [1.807, 2.05) is 42.5 Å². The SMILES string of the molecule is COc1ccc2c(c1)C1(COC(N)=N1)c1cc(-c3ccccc3)ccc1O2.O=C(O)C(F)(F)F. The molecule has 0 fully saturated rings. The van der Waals surface area contributed by atoms with Crippen molar-refractivity contribution in [3.63, 3.8) is 0 Å². The number of nitrogens with zero attached hydrogens (tertiary/aromatic N) is 1. The third-order valence-electron chi connectivity index (χ3n) is 5.36. The van der Waals surface area contributed by atoms with Crippen molar-refractivity contribution in [3.8, 4) is 28.4 Å². The zero-order valence-corrected chi connectivity index (χ0v) is 17.8. The van der Waals surface area contributed by atoms with Crippen LogP contribution in [-0.2, 0) is 15.1 Å². The lowest BCUT2D eigenvalue weighted by Crippen LogP contribution is -2.31. The lowest BCUT2D eigenvalue weighted by molar-refractivity contribution is -0.192. The van der Waals surface area contributed by atoms with Crippen molar-refractivity contribution in [2.75, 3.05) is 13.7 Å². The van der Waals surface area contributed by atoms with Crippen LogP contribution >= 0.6 is 0 Å². The van der Waals surface area contributed by atoms with Crippen LogP contribution < -0.4 is 15.2 Å². The monoisotopic (exact) mass is 472 g/mol. The molecular formula is C24H19F3N2O5. The summed E-state index contributed by atoms with van der Waals surface area (Å²) in [5.74, 6) is -0.528. The van der Waals surface area contributed by atoms with Crippen LogP contribution in [0.4, 0.5) is 13.2 Å². The van der Waals surface area contributed by atoms with Crippen molar-refractivity contribution >= 4 is 12.0 Å². The quantitative estimate of drug-likeness (QED) is 0.561. The number of hydrogen-bond donors (Lipinski definition) is 2. The molecule has 3 aromatic rings. The average molecular weight is 472 g/mol. The largest absolute Gasteiger partial charge is 0.497 e. The summed E-state index contributed by atoms with van der Waals surface area (Å²) in [6.45, 7) is 0.327. The van der Waals surface area contributed by atoms with Crippen molar-refractivity contribution in [1.82, 2.24) is 0 Å². The Morgan fingerprint density at radius 2 is 1.65 bits per heavy atom. The van der Waals surface area contributed by atoms with Gasteiger partial charge in [0.05, 0.1) is 7.11 Å². The second-order valence-corrected chi connectivity index (χ2v) is 7.44. The summed E-state index contributed by atoms with van der Waals surface area (Å²) in [4.78, 5) is 13.6. The number of halogens is 3. The van der Waals surface area contributed by atoms with Gasteiger partial charge in [0.1, 0.15) is 23.9 Å². The number of ether oxygens (including phenoxy) is 3. The summed E-state index contributed by atoms with van der Waals surface area (Å²) >= 11 is 0. The number of methoxy groups -OCH3 is 1. The van der Waals surface area contributed by atoms with Gasteiger partial charge in [-0.25, -0.2) is 9.79 Å². The summed E-state index contributed by atoms with van der Waals surface area (Å²) < 4.78 is 48.9. The lowest BCUT2D eigenvalue weighted by Gasteiger charge is -2.34. The van der Waals surface area contributed by atoms with Crippen LogP contribution in [0, 0.1) is 0 Å². The molecule has 3 N–H and O–H groups in total. The second kappa shape index (κ2) is 8.62. The van der Waals surface area contributed by atoms with Crippen molar-refractivity contribution in [2.24, 2.45) is 10.7 Å². The van der Waals surface area contributed by atoms with E-state index < -0.39 is 17.7 Å². The van der Waals surface area contributed by atoms with Crippen LogP contribution in [0.5, 0.6) is 17.2 Å². The number of fused-ring (bicyclic) bond motifs is 4. The Labute approximate surface area is 192 Å². The Bertz CT molecular complexity index is 1260. The molecule has 0 saturated carbocycles. The summed E-state index contributed by atoms with van der Waals surface area (Å²) in [5.41, 5.74) is 9.23. The fourth-order valence-electron chi connectivity index (χ4n) is 3.77. The Morgan fingerprint density at radius 3 is 2.21 bits per heavy atom. The lowest BCUT2D eigenvalue weighted by atomic mass is 9.80. The first-order valence-electron chi connectivity index (χ1n) is 9.98. The maximum absolute atomic E-state index is 10.6. The van der Waals surface area contributed by atoms with Crippen molar-refractivity contribution < 1.29 is 37.3 Å². The minimum absolute atomic E-state index is 0.182. The van der Waals surface area contributed by atoms with Gasteiger partial charge in [0, 0.05) is 11.1 Å². The zero-order valence-electron chi connectivity index (χ0n) is 17.8. The molecule has 0 aromatic heterocycles. The highest BCUT2D eigenvalue weighted by Gasteiger charge is 2.47. The third-order valence-corrected chi connectivity index (χ3v) is 5.36. The Kier molecular flexibility index (Phi) is 5.82. The number of carboxylic acids is 1. The molecule has 0 saturated heterocycles. The van der Waals surface area contributed by atoms with Crippen LogP contribution in [0.2, 0.25) is 0 Å². The molecule has 1 spiro atoms. The fraction of sp³-hybridized carbons (Fsp3) is 0.167. The number of aliphatic carboxylic acids is 1. The number of hydrogen-bond acceptors (Lipinski definition) is 6. The van der Waals surface area contributed by atoms with E-state index in [0.29, 0.717) is 6.61 Å². The highest BCUT2D eigenvalue weighted by atomic mass is 19.4. The predicted molar refractivity (Wildman–Crippen MR) is 117 cm³/mol. The fourth-order valence-corrected chi connectivity index (χ4v) is 3.77. The molecule has 0 bridgehead atoms. The molecule has 0 amide bonds. The van der Waals surface area contributed by atoms with E-state index in [2.05, 4.69) is 24.3 Å². The van der Waals surface area contributed by atoms with Gasteiger partial charge < -0.3 is 25.1 Å². The summed E-state index contributed by atoms with van der Waals surface area (Å²) in [7, 11) is 1.64. The highest BCUT2D eigenvalue weighted by molar-refractivity contribution is 5.78. The topological polar surface area (TPSA) is 103 Å². The van der Waals surface area contributed by atoms with Gasteiger partial charge in [-0.3, -0.25) is 0 Å². The number of aliphatic imine (C=N–C) groups is 1. The van der Waals surface area contributed by atoms with Crippen molar-refractivity contribution in [1.29, 1.82) is 0 Å². The Morgan fingerprint density at radius 1 is 1.03 bits per heavy atom. The molecule has 34 heavy (non-hydrogen) atoms. The van der Waals surface area contributed by atoms with E-state index in [0.717, 1.165) is 39.5 Å². The van der Waals surface area contributed by atoms with Gasteiger partial charge in [0.15, 0.2) is 5.54 Å². The van der Waals surface area contributed by atoms with Crippen LogP contribution in [0.25, 0.3) is 11.1 Å². The second-order valence-electron chi connectivity index (χ2n) is 7.44. The van der Waals surface area contributed by atoms with Gasteiger partial charge in [0.25, 0.3) is 6.02 Å². The first-order chi connectivity index (χ1) is 16.1. The van der Waals surface area contributed by atoms with Gasteiger partial charge >= 0.3 is 12.1 Å². The first kappa shape index (κ1) is 23.0. The van der Waals surface area contributed by atoms with Crippen LogP contribution in [0.3, 0.4) is 0 Å². The number of benzene rings is 3. The minimum Gasteiger partial charge on any atom is -0.497 e. The smallest absolute Gasteiger partial charge is 0.490 e. The van der Waals surface area contributed by atoms with Crippen molar-refractivity contribution in [2.45, 2.75) is 11.7 Å². The van der Waals surface area contributed by atoms with Crippen LogP contribution in [-0.4, -0.2) is 37.0 Å². The normalized spacial score (nSPS) is 17.8. The molecule has 2 aliphatic rings. The standard InChI is InChI=1S/C22H18N2O3.C2HF3O2/c1-25-16-8-10-20-18(12-16)22(13-26-21(23)24-22)17-11-15(7-9-19(17)27-20)14-5-3-2-4-6-14;3-2(4,5)1(6)7/h2-12H,13H2,1H3,(H2,23,24);(H,6,7). The molecule has 1 unspecified atom stereocenters. The molecule has 5 rings (SSSR count). The summed E-state index contributed by atoms with van der Waals surface area (Å²) in [6, 6.07) is 22.3. The van der Waals surface area contributed by atoms with E-state index in [1.165, 1.54) is 0 Å². The number of nitrogens with two attached hydrogens (primary N) is 1. The van der Waals surface area contributed by atoms with E-state index >= 15 is 0 Å². The maximum atomic E-state index is 10.6. The number of rotatable bonds is 2. The van der Waals surface area contributed by atoms with E-state index in [1.54, 1.807) is 7.11 Å². The molecule has 10 heteroatoms. The molecule has 176 valence electrons. The van der Waals surface area contributed by atoms with E-state index in [-0.39, 0.29) is 6.02 Å².